The van der Waals surface area contributed by atoms with Crippen LogP contribution in [0.15, 0.2) is 12.2 Å². The van der Waals surface area contributed by atoms with Gasteiger partial charge in [-0.2, -0.15) is 0 Å². The summed E-state index contributed by atoms with van der Waals surface area (Å²) in [4.78, 5) is 11.7. The fraction of sp³-hybridized carbons (Fsp3) is 0.700. The second-order valence-corrected chi connectivity index (χ2v) is 3.80. The number of carbonyl (C=O) groups is 1. The van der Waals surface area contributed by atoms with Crippen molar-refractivity contribution in [1.29, 1.82) is 0 Å². The van der Waals surface area contributed by atoms with E-state index in [0.717, 1.165) is 6.42 Å². The van der Waals surface area contributed by atoms with Gasteiger partial charge in [-0.15, -0.1) is 0 Å². The summed E-state index contributed by atoms with van der Waals surface area (Å²) in [5.74, 6) is 1.27. The molecule has 0 unspecified atom stereocenters. The van der Waals surface area contributed by atoms with Gasteiger partial charge in [0, 0.05) is 18.9 Å². The molecule has 2 heteroatoms. The molecule has 12 heavy (non-hydrogen) atoms. The van der Waals surface area contributed by atoms with Crippen LogP contribution in [-0.2, 0) is 9.53 Å². The molecule has 66 valence electrons. The van der Waals surface area contributed by atoms with Gasteiger partial charge in [0.2, 0.25) is 0 Å². The predicted octanol–water partition coefficient (Wildman–Crippen LogP) is 1.41. The summed E-state index contributed by atoms with van der Waals surface area (Å²) in [5.41, 5.74) is 0. The van der Waals surface area contributed by atoms with Gasteiger partial charge in [0.25, 0.3) is 0 Å². The Morgan fingerprint density at radius 2 is 2.08 bits per heavy atom. The SMILES string of the molecule is CO[C@@H]1C(=O)[C@H](C)[C@@H]2C=C[C@H]1C2. The standard InChI is InChI=1S/C10H14O2/c1-6-7-3-4-8(5-7)10(12-2)9(6)11/h3-4,6-8,10H,5H2,1-2H3/t6-,7-,8+,10+/m1/s1. The molecule has 0 heterocycles. The van der Waals surface area contributed by atoms with E-state index in [-0.39, 0.29) is 17.8 Å². The topological polar surface area (TPSA) is 26.3 Å². The average Bonchev–Trinajstić information content (AvgIpc) is 2.49. The maximum atomic E-state index is 11.7. The van der Waals surface area contributed by atoms with Gasteiger partial charge in [0.15, 0.2) is 5.78 Å². The third-order valence-electron chi connectivity index (χ3n) is 3.16. The van der Waals surface area contributed by atoms with Crippen LogP contribution < -0.4 is 0 Å². The molecule has 2 aliphatic rings. The molecule has 1 saturated carbocycles. The van der Waals surface area contributed by atoms with Crippen molar-refractivity contribution in [2.75, 3.05) is 7.11 Å². The van der Waals surface area contributed by atoms with Crippen LogP contribution in [0, 0.1) is 17.8 Å². The van der Waals surface area contributed by atoms with Gasteiger partial charge in [0.1, 0.15) is 6.10 Å². The molecule has 2 aliphatic carbocycles. The molecule has 0 amide bonds. The molecule has 0 N–H and O–H groups in total. The highest BCUT2D eigenvalue weighted by atomic mass is 16.5. The van der Waals surface area contributed by atoms with Crippen molar-refractivity contribution in [3.05, 3.63) is 12.2 Å². The van der Waals surface area contributed by atoms with Crippen LogP contribution in [0.25, 0.3) is 0 Å². The minimum absolute atomic E-state index is 0.157. The van der Waals surface area contributed by atoms with Crippen LogP contribution in [0.1, 0.15) is 13.3 Å². The summed E-state index contributed by atoms with van der Waals surface area (Å²) < 4.78 is 5.20. The van der Waals surface area contributed by atoms with E-state index >= 15 is 0 Å². The summed E-state index contributed by atoms with van der Waals surface area (Å²) in [6, 6.07) is 0. The molecule has 2 nitrogen and oxygen atoms in total. The molecule has 2 bridgehead atoms. The Kier molecular flexibility index (Phi) is 1.80. The number of carbonyl (C=O) groups excluding carboxylic acids is 1. The lowest BCUT2D eigenvalue weighted by atomic mass is 9.77. The average molecular weight is 166 g/mol. The summed E-state index contributed by atoms with van der Waals surface area (Å²) in [6.07, 6.45) is 5.24. The van der Waals surface area contributed by atoms with Gasteiger partial charge in [0.05, 0.1) is 0 Å². The third kappa shape index (κ3) is 0.944. The Hall–Kier alpha value is -0.630. The fourth-order valence-corrected chi connectivity index (χ4v) is 2.32. The third-order valence-corrected chi connectivity index (χ3v) is 3.16. The van der Waals surface area contributed by atoms with Crippen LogP contribution in [-0.4, -0.2) is 19.0 Å². The first-order valence-corrected chi connectivity index (χ1v) is 4.49. The Balaban J connectivity index is 2.25. The van der Waals surface area contributed by atoms with Gasteiger partial charge in [-0.25, -0.2) is 0 Å². The predicted molar refractivity (Wildman–Crippen MR) is 45.7 cm³/mol. The molecule has 0 aliphatic heterocycles. The molecule has 0 spiro atoms. The van der Waals surface area contributed by atoms with E-state index < -0.39 is 0 Å². The molecule has 0 aromatic heterocycles. The number of hydrogen-bond acceptors (Lipinski definition) is 2. The summed E-state index contributed by atoms with van der Waals surface area (Å²) in [6.45, 7) is 2.00. The minimum Gasteiger partial charge on any atom is -0.373 e. The van der Waals surface area contributed by atoms with Gasteiger partial charge in [-0.05, 0) is 12.3 Å². The van der Waals surface area contributed by atoms with Crippen molar-refractivity contribution < 1.29 is 9.53 Å². The van der Waals surface area contributed by atoms with Crippen LogP contribution in [0.4, 0.5) is 0 Å². The maximum Gasteiger partial charge on any atom is 0.165 e. The molecule has 4 atom stereocenters. The molecular weight excluding hydrogens is 152 g/mol. The Morgan fingerprint density at radius 3 is 2.75 bits per heavy atom. The Bertz CT molecular complexity index is 232. The first-order chi connectivity index (χ1) is 5.74. The zero-order valence-electron chi connectivity index (χ0n) is 7.49. The van der Waals surface area contributed by atoms with Gasteiger partial charge < -0.3 is 4.74 Å². The first-order valence-electron chi connectivity index (χ1n) is 4.49. The van der Waals surface area contributed by atoms with Gasteiger partial charge >= 0.3 is 0 Å². The Labute approximate surface area is 72.6 Å². The van der Waals surface area contributed by atoms with Gasteiger partial charge in [-0.1, -0.05) is 19.1 Å². The first kappa shape index (κ1) is 7.99. The number of ether oxygens (including phenoxy) is 1. The Morgan fingerprint density at radius 1 is 1.42 bits per heavy atom. The van der Waals surface area contributed by atoms with E-state index in [9.17, 15) is 4.79 Å². The number of allylic oxidation sites excluding steroid dienone is 1. The zero-order chi connectivity index (χ0) is 8.72. The molecule has 2 rings (SSSR count). The molecule has 0 radical (unpaired) electrons. The molecule has 0 saturated heterocycles. The van der Waals surface area contributed by atoms with E-state index in [2.05, 4.69) is 12.2 Å². The van der Waals surface area contributed by atoms with E-state index in [1.165, 1.54) is 0 Å². The van der Waals surface area contributed by atoms with E-state index in [1.807, 2.05) is 6.92 Å². The quantitative estimate of drug-likeness (QED) is 0.550. The van der Waals surface area contributed by atoms with E-state index in [0.29, 0.717) is 11.8 Å². The molecule has 0 aromatic rings. The van der Waals surface area contributed by atoms with Crippen molar-refractivity contribution in [2.45, 2.75) is 19.4 Å². The van der Waals surface area contributed by atoms with E-state index in [4.69, 9.17) is 4.74 Å². The van der Waals surface area contributed by atoms with Crippen LogP contribution >= 0.6 is 0 Å². The maximum absolute atomic E-state index is 11.7. The van der Waals surface area contributed by atoms with Crippen LogP contribution in [0.2, 0.25) is 0 Å². The summed E-state index contributed by atoms with van der Waals surface area (Å²) >= 11 is 0. The molecular formula is C10H14O2. The highest BCUT2D eigenvalue weighted by Gasteiger charge is 2.42. The zero-order valence-corrected chi connectivity index (χ0v) is 7.49. The number of Topliss-reactive ketones (excluding diaryl/α,β-unsaturated/α-hetero) is 1. The van der Waals surface area contributed by atoms with Crippen LogP contribution in [0.3, 0.4) is 0 Å². The highest BCUT2D eigenvalue weighted by Crippen LogP contribution is 2.39. The van der Waals surface area contributed by atoms with Gasteiger partial charge in [-0.3, -0.25) is 4.79 Å². The van der Waals surface area contributed by atoms with Crippen molar-refractivity contribution in [2.24, 2.45) is 17.8 Å². The lowest BCUT2D eigenvalue weighted by Crippen LogP contribution is -2.40. The summed E-state index contributed by atoms with van der Waals surface area (Å²) in [7, 11) is 1.63. The van der Waals surface area contributed by atoms with Crippen molar-refractivity contribution in [3.8, 4) is 0 Å². The monoisotopic (exact) mass is 166 g/mol. The number of methoxy groups -OCH3 is 1. The second kappa shape index (κ2) is 2.70. The lowest BCUT2D eigenvalue weighted by molar-refractivity contribution is -0.139. The normalized spacial score (nSPS) is 45.3. The number of rotatable bonds is 1. The lowest BCUT2D eigenvalue weighted by Gasteiger charge is -2.31. The molecule has 1 fully saturated rings. The number of fused-ring (bicyclic) bond motifs is 2. The van der Waals surface area contributed by atoms with Crippen molar-refractivity contribution in [1.82, 2.24) is 0 Å². The minimum atomic E-state index is -0.171. The van der Waals surface area contributed by atoms with Crippen molar-refractivity contribution >= 4 is 5.78 Å². The highest BCUT2D eigenvalue weighted by molar-refractivity contribution is 5.87. The van der Waals surface area contributed by atoms with Crippen molar-refractivity contribution in [3.63, 3.8) is 0 Å². The second-order valence-electron chi connectivity index (χ2n) is 3.80. The number of hydrogen-bond donors (Lipinski definition) is 0. The van der Waals surface area contributed by atoms with Crippen LogP contribution in [0.5, 0.6) is 0 Å². The van der Waals surface area contributed by atoms with E-state index in [1.54, 1.807) is 7.11 Å². The smallest absolute Gasteiger partial charge is 0.165 e. The largest absolute Gasteiger partial charge is 0.373 e. The molecule has 0 aromatic carbocycles. The summed E-state index contributed by atoms with van der Waals surface area (Å²) in [5, 5.41) is 0. The number of ketones is 1. The fourth-order valence-electron chi connectivity index (χ4n) is 2.32.